The summed E-state index contributed by atoms with van der Waals surface area (Å²) < 4.78 is 16.8. The first-order valence-corrected chi connectivity index (χ1v) is 5.55. The largest absolute Gasteiger partial charge is 0.497 e. The minimum atomic E-state index is -0.634. The maximum atomic E-state index is 5.86. The first kappa shape index (κ1) is 11.4. The molecule has 2 atom stereocenters. The van der Waals surface area contributed by atoms with Gasteiger partial charge in [0.1, 0.15) is 5.75 Å². The first-order valence-electron chi connectivity index (χ1n) is 5.55. The molecule has 1 fully saturated rings. The molecule has 0 spiro atoms. The Hall–Kier alpha value is -1.06. The quantitative estimate of drug-likeness (QED) is 0.770. The van der Waals surface area contributed by atoms with Crippen LogP contribution in [-0.4, -0.2) is 19.3 Å². The monoisotopic (exact) mass is 222 g/mol. The first-order chi connectivity index (χ1) is 7.55. The van der Waals surface area contributed by atoms with E-state index < -0.39 is 5.79 Å². The lowest BCUT2D eigenvalue weighted by Crippen LogP contribution is -2.23. The number of hydrogen-bond acceptors (Lipinski definition) is 3. The number of benzene rings is 1. The van der Waals surface area contributed by atoms with E-state index in [9.17, 15) is 0 Å². The highest BCUT2D eigenvalue weighted by Crippen LogP contribution is 2.37. The van der Waals surface area contributed by atoms with E-state index >= 15 is 0 Å². The standard InChI is InChI=1S/C13H18O3/c1-9-10(2)16-13(3,15-9)11-5-7-12(14-4)8-6-11/h5-10H,1-4H3. The average Bonchev–Trinajstić information content (AvgIpc) is 2.54. The molecular formula is C13H18O3. The summed E-state index contributed by atoms with van der Waals surface area (Å²) in [7, 11) is 1.66. The molecule has 2 rings (SSSR count). The summed E-state index contributed by atoms with van der Waals surface area (Å²) in [5, 5.41) is 0. The summed E-state index contributed by atoms with van der Waals surface area (Å²) >= 11 is 0. The van der Waals surface area contributed by atoms with Crippen molar-refractivity contribution in [3.63, 3.8) is 0 Å². The molecule has 16 heavy (non-hydrogen) atoms. The van der Waals surface area contributed by atoms with Gasteiger partial charge < -0.3 is 14.2 Å². The minimum Gasteiger partial charge on any atom is -0.497 e. The normalized spacial score (nSPS) is 34.0. The summed E-state index contributed by atoms with van der Waals surface area (Å²) in [4.78, 5) is 0. The van der Waals surface area contributed by atoms with Gasteiger partial charge in [0, 0.05) is 5.56 Å². The molecule has 1 aliphatic heterocycles. The lowest BCUT2D eigenvalue weighted by Gasteiger charge is -2.23. The highest BCUT2D eigenvalue weighted by atomic mass is 16.8. The minimum absolute atomic E-state index is 0.118. The van der Waals surface area contributed by atoms with Crippen LogP contribution < -0.4 is 4.74 Å². The van der Waals surface area contributed by atoms with Crippen LogP contribution in [0.2, 0.25) is 0 Å². The lowest BCUT2D eigenvalue weighted by molar-refractivity contribution is -0.166. The second-order valence-electron chi connectivity index (χ2n) is 4.32. The van der Waals surface area contributed by atoms with Crippen LogP contribution in [0, 0.1) is 0 Å². The highest BCUT2D eigenvalue weighted by molar-refractivity contribution is 5.30. The van der Waals surface area contributed by atoms with Crippen molar-refractivity contribution in [3.05, 3.63) is 29.8 Å². The summed E-state index contributed by atoms with van der Waals surface area (Å²) in [6.07, 6.45) is 0.235. The summed E-state index contributed by atoms with van der Waals surface area (Å²) in [5.74, 6) is 0.205. The molecule has 0 radical (unpaired) electrons. The molecule has 3 nitrogen and oxygen atoms in total. The van der Waals surface area contributed by atoms with Gasteiger partial charge in [-0.05, 0) is 45.0 Å². The van der Waals surface area contributed by atoms with E-state index in [4.69, 9.17) is 14.2 Å². The Morgan fingerprint density at radius 1 is 1.06 bits per heavy atom. The van der Waals surface area contributed by atoms with Crippen LogP contribution in [0.1, 0.15) is 26.3 Å². The second kappa shape index (κ2) is 4.07. The van der Waals surface area contributed by atoms with Crippen LogP contribution in [0.3, 0.4) is 0 Å². The maximum absolute atomic E-state index is 5.86. The fraction of sp³-hybridized carbons (Fsp3) is 0.538. The van der Waals surface area contributed by atoms with Crippen LogP contribution in [0.25, 0.3) is 0 Å². The molecule has 1 heterocycles. The van der Waals surface area contributed by atoms with Crippen molar-refractivity contribution >= 4 is 0 Å². The fourth-order valence-corrected chi connectivity index (χ4v) is 1.96. The SMILES string of the molecule is COc1ccc(C2(C)OC(C)C(C)O2)cc1. The molecular weight excluding hydrogens is 204 g/mol. The molecule has 0 aliphatic carbocycles. The van der Waals surface area contributed by atoms with Crippen molar-refractivity contribution in [2.75, 3.05) is 7.11 Å². The zero-order chi connectivity index (χ0) is 11.8. The van der Waals surface area contributed by atoms with Crippen LogP contribution in [-0.2, 0) is 15.3 Å². The smallest absolute Gasteiger partial charge is 0.192 e. The van der Waals surface area contributed by atoms with E-state index in [1.54, 1.807) is 7.11 Å². The van der Waals surface area contributed by atoms with Gasteiger partial charge in [-0.1, -0.05) is 0 Å². The maximum Gasteiger partial charge on any atom is 0.192 e. The zero-order valence-electron chi connectivity index (χ0n) is 10.2. The average molecular weight is 222 g/mol. The molecule has 1 aromatic carbocycles. The van der Waals surface area contributed by atoms with Crippen molar-refractivity contribution in [2.45, 2.75) is 38.8 Å². The summed E-state index contributed by atoms with van der Waals surface area (Å²) in [6, 6.07) is 7.79. The molecule has 88 valence electrons. The Morgan fingerprint density at radius 2 is 1.56 bits per heavy atom. The number of ether oxygens (including phenoxy) is 3. The molecule has 1 aromatic rings. The van der Waals surface area contributed by atoms with Gasteiger partial charge in [0.05, 0.1) is 19.3 Å². The summed E-state index contributed by atoms with van der Waals surface area (Å²) in [5.41, 5.74) is 1.02. The lowest BCUT2D eigenvalue weighted by atomic mass is 10.1. The van der Waals surface area contributed by atoms with E-state index in [0.717, 1.165) is 11.3 Å². The van der Waals surface area contributed by atoms with Crippen LogP contribution in [0.4, 0.5) is 0 Å². The zero-order valence-corrected chi connectivity index (χ0v) is 10.2. The van der Waals surface area contributed by atoms with Crippen LogP contribution in [0.15, 0.2) is 24.3 Å². The molecule has 1 aliphatic rings. The van der Waals surface area contributed by atoms with Crippen LogP contribution in [0.5, 0.6) is 5.75 Å². The summed E-state index contributed by atoms with van der Waals surface area (Å²) in [6.45, 7) is 6.01. The predicted octanol–water partition coefficient (Wildman–Crippen LogP) is 2.69. The third-order valence-corrected chi connectivity index (χ3v) is 3.10. The Bertz CT molecular complexity index is 348. The van der Waals surface area contributed by atoms with Gasteiger partial charge in [-0.15, -0.1) is 0 Å². The fourth-order valence-electron chi connectivity index (χ4n) is 1.96. The molecule has 0 bridgehead atoms. The van der Waals surface area contributed by atoms with Gasteiger partial charge in [-0.3, -0.25) is 0 Å². The van der Waals surface area contributed by atoms with Crippen molar-refractivity contribution < 1.29 is 14.2 Å². The van der Waals surface area contributed by atoms with Gasteiger partial charge in [0.2, 0.25) is 0 Å². The van der Waals surface area contributed by atoms with Gasteiger partial charge in [-0.2, -0.15) is 0 Å². The predicted molar refractivity (Wildman–Crippen MR) is 61.4 cm³/mol. The van der Waals surface area contributed by atoms with Crippen molar-refractivity contribution in [1.29, 1.82) is 0 Å². The second-order valence-corrected chi connectivity index (χ2v) is 4.32. The number of rotatable bonds is 2. The Labute approximate surface area is 96.3 Å². The Kier molecular flexibility index (Phi) is 2.91. The third-order valence-electron chi connectivity index (χ3n) is 3.10. The van der Waals surface area contributed by atoms with Gasteiger partial charge >= 0.3 is 0 Å². The third kappa shape index (κ3) is 1.93. The van der Waals surface area contributed by atoms with E-state index in [1.165, 1.54) is 0 Å². The van der Waals surface area contributed by atoms with E-state index in [-0.39, 0.29) is 12.2 Å². The van der Waals surface area contributed by atoms with Crippen molar-refractivity contribution in [1.82, 2.24) is 0 Å². The van der Waals surface area contributed by atoms with Crippen molar-refractivity contribution in [3.8, 4) is 5.75 Å². The van der Waals surface area contributed by atoms with E-state index in [0.29, 0.717) is 0 Å². The molecule has 3 heteroatoms. The topological polar surface area (TPSA) is 27.7 Å². The van der Waals surface area contributed by atoms with Gasteiger partial charge in [-0.25, -0.2) is 0 Å². The highest BCUT2D eigenvalue weighted by Gasteiger charge is 2.41. The molecule has 2 unspecified atom stereocenters. The van der Waals surface area contributed by atoms with Crippen LogP contribution >= 0.6 is 0 Å². The van der Waals surface area contributed by atoms with Crippen molar-refractivity contribution in [2.24, 2.45) is 0 Å². The molecule has 0 amide bonds. The Morgan fingerprint density at radius 3 is 2.00 bits per heavy atom. The molecule has 0 N–H and O–H groups in total. The molecule has 1 saturated heterocycles. The number of methoxy groups -OCH3 is 1. The number of hydrogen-bond donors (Lipinski definition) is 0. The van der Waals surface area contributed by atoms with Gasteiger partial charge in [0.25, 0.3) is 0 Å². The van der Waals surface area contributed by atoms with E-state index in [2.05, 4.69) is 0 Å². The van der Waals surface area contributed by atoms with E-state index in [1.807, 2.05) is 45.0 Å². The molecule has 0 aromatic heterocycles. The molecule has 0 saturated carbocycles. The van der Waals surface area contributed by atoms with Gasteiger partial charge in [0.15, 0.2) is 5.79 Å². The Balaban J connectivity index is 2.23.